The Hall–Kier alpha value is -3.47. The Kier molecular flexibility index (Phi) is 6.82. The number of aromatic amines is 1. The predicted octanol–water partition coefficient (Wildman–Crippen LogP) is 3.43. The average molecular weight is 497 g/mol. The second kappa shape index (κ2) is 9.80. The van der Waals surface area contributed by atoms with Crippen molar-refractivity contribution in [3.05, 3.63) is 82.2 Å². The Balaban J connectivity index is 1.62. The summed E-state index contributed by atoms with van der Waals surface area (Å²) in [4.78, 5) is 29.8. The first kappa shape index (κ1) is 23.7. The molecule has 0 saturated heterocycles. The summed E-state index contributed by atoms with van der Waals surface area (Å²) in [6, 6.07) is 14.9. The summed E-state index contributed by atoms with van der Waals surface area (Å²) < 4.78 is 26.9. The third-order valence-corrected chi connectivity index (χ3v) is 7.90. The summed E-state index contributed by atoms with van der Waals surface area (Å²) in [5.74, 6) is -0.802. The number of thiophene rings is 1. The predicted molar refractivity (Wildman–Crippen MR) is 134 cm³/mol. The molecule has 0 fully saturated rings. The number of hydrogen-bond donors (Lipinski definition) is 4. The Morgan fingerprint density at radius 2 is 1.88 bits per heavy atom. The molecular formula is C24H24N4O4S2. The number of amides is 2. The molecule has 0 saturated carbocycles. The van der Waals surface area contributed by atoms with Gasteiger partial charge in [0.2, 0.25) is 15.9 Å². The maximum atomic E-state index is 13.3. The van der Waals surface area contributed by atoms with E-state index in [1.807, 2.05) is 30.5 Å². The van der Waals surface area contributed by atoms with Crippen LogP contribution >= 0.6 is 11.3 Å². The maximum absolute atomic E-state index is 13.3. The zero-order valence-corrected chi connectivity index (χ0v) is 20.2. The van der Waals surface area contributed by atoms with Crippen LogP contribution < -0.4 is 15.4 Å². The van der Waals surface area contributed by atoms with Crippen LogP contribution in [0.15, 0.2) is 71.1 Å². The van der Waals surface area contributed by atoms with E-state index in [9.17, 15) is 18.0 Å². The number of para-hydroxylation sites is 1. The highest BCUT2D eigenvalue weighted by Gasteiger charge is 2.24. The van der Waals surface area contributed by atoms with Crippen LogP contribution in [-0.4, -0.2) is 38.3 Å². The lowest BCUT2D eigenvalue weighted by molar-refractivity contribution is -0.118. The molecule has 0 spiro atoms. The van der Waals surface area contributed by atoms with Gasteiger partial charge in [0.25, 0.3) is 5.91 Å². The highest BCUT2D eigenvalue weighted by Crippen LogP contribution is 2.22. The van der Waals surface area contributed by atoms with E-state index in [2.05, 4.69) is 20.3 Å². The van der Waals surface area contributed by atoms with Crippen LogP contribution in [0.1, 0.15) is 20.8 Å². The summed E-state index contributed by atoms with van der Waals surface area (Å²) in [5.41, 5.74) is 2.68. The fourth-order valence-electron chi connectivity index (χ4n) is 3.67. The third kappa shape index (κ3) is 5.04. The molecule has 0 radical (unpaired) electrons. The van der Waals surface area contributed by atoms with Crippen molar-refractivity contribution in [3.63, 3.8) is 0 Å². The number of H-pyrrole nitrogens is 1. The summed E-state index contributed by atoms with van der Waals surface area (Å²) in [7, 11) is -2.36. The molecule has 0 bridgehead atoms. The van der Waals surface area contributed by atoms with Gasteiger partial charge in [0, 0.05) is 29.2 Å². The first-order valence-corrected chi connectivity index (χ1v) is 12.9. The highest BCUT2D eigenvalue weighted by atomic mass is 32.2. The Bertz CT molecular complexity index is 1440. The molecule has 176 valence electrons. The molecule has 0 aliphatic rings. The van der Waals surface area contributed by atoms with Crippen molar-refractivity contribution in [3.8, 4) is 0 Å². The number of nitrogens with one attached hydrogen (secondary N) is 4. The van der Waals surface area contributed by atoms with Crippen LogP contribution in [-0.2, 0) is 21.2 Å². The maximum Gasteiger partial charge on any atom is 0.262 e. The van der Waals surface area contributed by atoms with Crippen molar-refractivity contribution in [1.82, 2.24) is 15.0 Å². The van der Waals surface area contributed by atoms with Gasteiger partial charge in [-0.2, -0.15) is 0 Å². The molecule has 4 aromatic rings. The molecule has 0 aliphatic carbocycles. The minimum absolute atomic E-state index is 0.0728. The molecule has 0 unspecified atom stereocenters. The van der Waals surface area contributed by atoms with Gasteiger partial charge in [-0.1, -0.05) is 30.3 Å². The Labute approximate surface area is 201 Å². The number of carbonyl (C=O) groups excluding carboxylic acids is 2. The molecule has 4 rings (SSSR count). The number of benzene rings is 2. The average Bonchev–Trinajstić information content (AvgIpc) is 3.50. The molecule has 8 nitrogen and oxygen atoms in total. The molecule has 2 amide bonds. The number of hydrogen-bond acceptors (Lipinski definition) is 5. The van der Waals surface area contributed by atoms with Crippen molar-refractivity contribution >= 4 is 49.8 Å². The van der Waals surface area contributed by atoms with Crippen LogP contribution in [0.4, 0.5) is 5.69 Å². The monoisotopic (exact) mass is 496 g/mol. The number of sulfonamides is 1. The van der Waals surface area contributed by atoms with Crippen molar-refractivity contribution in [2.45, 2.75) is 24.3 Å². The quantitative estimate of drug-likeness (QED) is 0.299. The van der Waals surface area contributed by atoms with Gasteiger partial charge in [-0.25, -0.2) is 13.1 Å². The number of fused-ring (bicyclic) bond motifs is 1. The second-order valence-electron chi connectivity index (χ2n) is 7.74. The van der Waals surface area contributed by atoms with Gasteiger partial charge in [0.1, 0.15) is 6.04 Å². The van der Waals surface area contributed by atoms with Gasteiger partial charge in [-0.3, -0.25) is 9.59 Å². The third-order valence-electron chi connectivity index (χ3n) is 5.48. The van der Waals surface area contributed by atoms with E-state index in [1.54, 1.807) is 36.6 Å². The molecule has 10 heteroatoms. The van der Waals surface area contributed by atoms with Crippen molar-refractivity contribution < 1.29 is 18.0 Å². The van der Waals surface area contributed by atoms with Crippen LogP contribution in [0, 0.1) is 6.92 Å². The van der Waals surface area contributed by atoms with Gasteiger partial charge in [-0.05, 0) is 54.7 Å². The lowest BCUT2D eigenvalue weighted by Crippen LogP contribution is -2.45. The molecule has 1 atom stereocenters. The standard InChI is InChI=1S/C24H24N4O4S2/c1-15-9-10-17(13-22(15)34(31,32)25-2)27-23(29)20(28-24(30)21-8-5-11-33-21)12-16-14-26-19-7-4-3-6-18(16)19/h3-11,13-14,20,25-26H,12H2,1-2H3,(H,27,29)(H,28,30)/t20-/m1/s1. The first-order chi connectivity index (χ1) is 16.3. The molecule has 2 heterocycles. The van der Waals surface area contributed by atoms with Crippen molar-refractivity contribution in [2.24, 2.45) is 0 Å². The smallest absolute Gasteiger partial charge is 0.262 e. The highest BCUT2D eigenvalue weighted by molar-refractivity contribution is 7.89. The van der Waals surface area contributed by atoms with E-state index in [-0.39, 0.29) is 17.2 Å². The van der Waals surface area contributed by atoms with Crippen molar-refractivity contribution in [1.29, 1.82) is 0 Å². The summed E-state index contributed by atoms with van der Waals surface area (Å²) in [5, 5.41) is 8.34. The minimum Gasteiger partial charge on any atom is -0.361 e. The van der Waals surface area contributed by atoms with Crippen LogP contribution in [0.5, 0.6) is 0 Å². The summed E-state index contributed by atoms with van der Waals surface area (Å²) in [6.45, 7) is 1.68. The lowest BCUT2D eigenvalue weighted by atomic mass is 10.0. The fraction of sp³-hybridized carbons (Fsp3) is 0.167. The van der Waals surface area contributed by atoms with Gasteiger partial charge in [0.05, 0.1) is 9.77 Å². The van der Waals surface area contributed by atoms with Crippen molar-refractivity contribution in [2.75, 3.05) is 12.4 Å². The fourth-order valence-corrected chi connectivity index (χ4v) is 5.29. The number of rotatable bonds is 8. The first-order valence-electron chi connectivity index (χ1n) is 10.5. The van der Waals surface area contributed by atoms with Crippen LogP contribution in [0.3, 0.4) is 0 Å². The zero-order chi connectivity index (χ0) is 24.3. The zero-order valence-electron chi connectivity index (χ0n) is 18.6. The molecule has 2 aromatic carbocycles. The van der Waals surface area contributed by atoms with Gasteiger partial charge < -0.3 is 15.6 Å². The Morgan fingerprint density at radius 1 is 1.09 bits per heavy atom. The molecule has 2 aromatic heterocycles. The summed E-state index contributed by atoms with van der Waals surface area (Å²) >= 11 is 1.28. The molecule has 4 N–H and O–H groups in total. The summed E-state index contributed by atoms with van der Waals surface area (Å²) in [6.07, 6.45) is 2.08. The van der Waals surface area contributed by atoms with E-state index < -0.39 is 22.0 Å². The van der Waals surface area contributed by atoms with Crippen LogP contribution in [0.25, 0.3) is 10.9 Å². The van der Waals surface area contributed by atoms with Gasteiger partial charge in [0.15, 0.2) is 0 Å². The van der Waals surface area contributed by atoms with E-state index in [1.165, 1.54) is 24.5 Å². The number of aromatic nitrogens is 1. The van der Waals surface area contributed by atoms with Gasteiger partial charge >= 0.3 is 0 Å². The SMILES string of the molecule is CNS(=O)(=O)c1cc(NC(=O)[C@@H](Cc2c[nH]c3ccccc23)NC(=O)c2cccs2)ccc1C. The molecular weight excluding hydrogens is 472 g/mol. The van der Waals surface area contributed by atoms with Gasteiger partial charge in [-0.15, -0.1) is 11.3 Å². The second-order valence-corrected chi connectivity index (χ2v) is 10.5. The Morgan fingerprint density at radius 3 is 2.62 bits per heavy atom. The molecule has 0 aliphatic heterocycles. The largest absolute Gasteiger partial charge is 0.361 e. The number of aryl methyl sites for hydroxylation is 1. The van der Waals surface area contributed by atoms with E-state index in [0.717, 1.165) is 16.5 Å². The number of carbonyl (C=O) groups is 2. The van der Waals surface area contributed by atoms with E-state index in [0.29, 0.717) is 16.1 Å². The minimum atomic E-state index is -3.70. The topological polar surface area (TPSA) is 120 Å². The normalized spacial score (nSPS) is 12.4. The van der Waals surface area contributed by atoms with Crippen LogP contribution in [0.2, 0.25) is 0 Å². The van der Waals surface area contributed by atoms with E-state index >= 15 is 0 Å². The lowest BCUT2D eigenvalue weighted by Gasteiger charge is -2.19. The number of anilines is 1. The molecule has 34 heavy (non-hydrogen) atoms. The van der Waals surface area contributed by atoms with E-state index in [4.69, 9.17) is 0 Å².